The second kappa shape index (κ2) is 5.52. The van der Waals surface area contributed by atoms with Crippen LogP contribution < -0.4 is 9.47 Å². The zero-order valence-electron chi connectivity index (χ0n) is 10.8. The van der Waals surface area contributed by atoms with Gasteiger partial charge in [-0.3, -0.25) is 0 Å². The number of nitrogens with zero attached hydrogens (tertiary/aromatic N) is 1. The fourth-order valence-electron chi connectivity index (χ4n) is 1.69. The Morgan fingerprint density at radius 1 is 1.21 bits per heavy atom. The molecule has 0 aliphatic carbocycles. The van der Waals surface area contributed by atoms with Gasteiger partial charge in [-0.1, -0.05) is 12.1 Å². The number of hydrogen-bond acceptors (Lipinski definition) is 2. The molecule has 0 saturated heterocycles. The van der Waals surface area contributed by atoms with E-state index in [9.17, 15) is 9.60 Å². The minimum Gasteiger partial charge on any atom is -0.618 e. The first-order valence-corrected chi connectivity index (χ1v) is 5.81. The molecule has 0 amide bonds. The lowest BCUT2D eigenvalue weighted by molar-refractivity contribution is -0.608. The van der Waals surface area contributed by atoms with E-state index in [4.69, 9.17) is 4.74 Å². The third-order valence-corrected chi connectivity index (χ3v) is 2.72. The molecule has 1 aromatic heterocycles. The van der Waals surface area contributed by atoms with Gasteiger partial charge in [0.25, 0.3) is 5.69 Å². The number of pyridine rings is 1. The molecule has 0 aliphatic heterocycles. The van der Waals surface area contributed by atoms with Crippen LogP contribution in [0.2, 0.25) is 0 Å². The van der Waals surface area contributed by atoms with E-state index in [1.165, 1.54) is 18.3 Å². The SMILES string of the molecule is COc1ccc(/C=C(\F)c2ccc(C)c[n+]2[O-])cc1. The standard InChI is InChI=1S/C15H14FNO2/c1-11-3-8-15(17(18)10-11)14(16)9-12-4-6-13(19-2)7-5-12/h3-10H,1-2H3/b14-9-. The van der Waals surface area contributed by atoms with Crippen LogP contribution in [0.3, 0.4) is 0 Å². The molecule has 0 N–H and O–H groups in total. The highest BCUT2D eigenvalue weighted by Crippen LogP contribution is 2.19. The molecule has 0 atom stereocenters. The van der Waals surface area contributed by atoms with E-state index < -0.39 is 5.83 Å². The van der Waals surface area contributed by atoms with Crippen LogP contribution in [0, 0.1) is 12.1 Å². The van der Waals surface area contributed by atoms with Crippen LogP contribution in [0.4, 0.5) is 4.39 Å². The molecule has 1 aromatic carbocycles. The molecular formula is C15H14FNO2. The molecule has 2 aromatic rings. The van der Waals surface area contributed by atoms with Gasteiger partial charge < -0.3 is 9.94 Å². The second-order valence-electron chi connectivity index (χ2n) is 4.18. The fourth-order valence-corrected chi connectivity index (χ4v) is 1.69. The highest BCUT2D eigenvalue weighted by Gasteiger charge is 2.11. The average Bonchev–Trinajstić information content (AvgIpc) is 2.39. The number of aromatic nitrogens is 1. The summed E-state index contributed by atoms with van der Waals surface area (Å²) < 4.78 is 19.6. The van der Waals surface area contributed by atoms with Crippen molar-refractivity contribution in [1.29, 1.82) is 0 Å². The van der Waals surface area contributed by atoms with E-state index in [2.05, 4.69) is 0 Å². The maximum absolute atomic E-state index is 14.0. The highest BCUT2D eigenvalue weighted by atomic mass is 19.1. The lowest BCUT2D eigenvalue weighted by Gasteiger charge is -2.03. The van der Waals surface area contributed by atoms with E-state index in [-0.39, 0.29) is 5.69 Å². The molecule has 1 heterocycles. The van der Waals surface area contributed by atoms with Crippen molar-refractivity contribution in [3.8, 4) is 5.75 Å². The summed E-state index contributed by atoms with van der Waals surface area (Å²) in [5.41, 5.74) is 1.45. The lowest BCUT2D eigenvalue weighted by atomic mass is 10.1. The molecule has 4 heteroatoms. The summed E-state index contributed by atoms with van der Waals surface area (Å²) >= 11 is 0. The Balaban J connectivity index is 2.31. The third kappa shape index (κ3) is 3.10. The molecule has 0 saturated carbocycles. The Bertz CT molecular complexity index is 606. The Hall–Kier alpha value is -2.36. The van der Waals surface area contributed by atoms with Crippen LogP contribution in [0.5, 0.6) is 5.75 Å². The van der Waals surface area contributed by atoms with Gasteiger partial charge in [0.1, 0.15) is 5.75 Å². The number of halogens is 1. The minimum atomic E-state index is -0.569. The molecule has 0 bridgehead atoms. The Morgan fingerprint density at radius 3 is 2.47 bits per heavy atom. The summed E-state index contributed by atoms with van der Waals surface area (Å²) in [6, 6.07) is 10.1. The summed E-state index contributed by atoms with van der Waals surface area (Å²) in [5.74, 6) is 0.131. The first kappa shape index (κ1) is 13.1. The topological polar surface area (TPSA) is 36.2 Å². The van der Waals surface area contributed by atoms with Crippen molar-refractivity contribution in [1.82, 2.24) is 0 Å². The summed E-state index contributed by atoms with van der Waals surface area (Å²) in [5, 5.41) is 11.6. The maximum Gasteiger partial charge on any atom is 0.252 e. The van der Waals surface area contributed by atoms with Gasteiger partial charge in [-0.05, 0) is 36.8 Å². The molecule has 3 nitrogen and oxygen atoms in total. The van der Waals surface area contributed by atoms with Crippen molar-refractivity contribution in [2.24, 2.45) is 0 Å². The first-order chi connectivity index (χ1) is 9.10. The second-order valence-corrected chi connectivity index (χ2v) is 4.18. The number of benzene rings is 1. The smallest absolute Gasteiger partial charge is 0.252 e. The van der Waals surface area contributed by atoms with Crippen molar-refractivity contribution in [2.75, 3.05) is 7.11 Å². The largest absolute Gasteiger partial charge is 0.618 e. The van der Waals surface area contributed by atoms with E-state index >= 15 is 0 Å². The summed E-state index contributed by atoms with van der Waals surface area (Å²) in [6.07, 6.45) is 2.66. The van der Waals surface area contributed by atoms with Gasteiger partial charge in [-0.2, -0.15) is 9.12 Å². The molecule has 98 valence electrons. The number of ether oxygens (including phenoxy) is 1. The van der Waals surface area contributed by atoms with Crippen molar-refractivity contribution in [3.05, 3.63) is 64.6 Å². The Labute approximate surface area is 111 Å². The fraction of sp³-hybridized carbons (Fsp3) is 0.133. The Kier molecular flexibility index (Phi) is 3.80. The van der Waals surface area contributed by atoms with E-state index in [0.717, 1.165) is 5.56 Å². The molecule has 19 heavy (non-hydrogen) atoms. The number of rotatable bonds is 3. The molecule has 0 radical (unpaired) electrons. The van der Waals surface area contributed by atoms with Gasteiger partial charge >= 0.3 is 0 Å². The Morgan fingerprint density at radius 2 is 1.89 bits per heavy atom. The summed E-state index contributed by atoms with van der Waals surface area (Å²) in [4.78, 5) is 0. The van der Waals surface area contributed by atoms with Gasteiger partial charge in [0.05, 0.1) is 7.11 Å². The van der Waals surface area contributed by atoms with E-state index in [0.29, 0.717) is 16.0 Å². The molecule has 0 aliphatic rings. The number of aryl methyl sites for hydroxylation is 1. The van der Waals surface area contributed by atoms with Gasteiger partial charge in [0, 0.05) is 11.6 Å². The van der Waals surface area contributed by atoms with Crippen LogP contribution >= 0.6 is 0 Å². The van der Waals surface area contributed by atoms with Gasteiger partial charge in [0.15, 0.2) is 12.0 Å². The van der Waals surface area contributed by atoms with Crippen LogP contribution in [-0.4, -0.2) is 7.11 Å². The maximum atomic E-state index is 14.0. The summed E-state index contributed by atoms with van der Waals surface area (Å²) in [7, 11) is 1.57. The molecule has 2 rings (SSSR count). The molecule has 0 spiro atoms. The van der Waals surface area contributed by atoms with Gasteiger partial charge in [0.2, 0.25) is 0 Å². The van der Waals surface area contributed by atoms with Crippen molar-refractivity contribution >= 4 is 11.9 Å². The quantitative estimate of drug-likeness (QED) is 0.627. The van der Waals surface area contributed by atoms with Crippen molar-refractivity contribution in [3.63, 3.8) is 0 Å². The number of hydrogen-bond donors (Lipinski definition) is 0. The highest BCUT2D eigenvalue weighted by molar-refractivity contribution is 5.74. The first-order valence-electron chi connectivity index (χ1n) is 5.81. The van der Waals surface area contributed by atoms with Crippen LogP contribution in [0.1, 0.15) is 16.8 Å². The predicted octanol–water partition coefficient (Wildman–Crippen LogP) is 3.10. The van der Waals surface area contributed by atoms with Gasteiger partial charge in [-0.25, -0.2) is 0 Å². The third-order valence-electron chi connectivity index (χ3n) is 2.72. The van der Waals surface area contributed by atoms with Crippen LogP contribution in [0.25, 0.3) is 11.9 Å². The number of methoxy groups -OCH3 is 1. The average molecular weight is 259 g/mol. The summed E-state index contributed by atoms with van der Waals surface area (Å²) in [6.45, 7) is 1.78. The molecule has 0 fully saturated rings. The normalized spacial score (nSPS) is 11.4. The van der Waals surface area contributed by atoms with Crippen molar-refractivity contribution < 1.29 is 13.9 Å². The zero-order chi connectivity index (χ0) is 13.8. The predicted molar refractivity (Wildman–Crippen MR) is 72.1 cm³/mol. The zero-order valence-corrected chi connectivity index (χ0v) is 10.8. The minimum absolute atomic E-state index is 0.00131. The molecular weight excluding hydrogens is 245 g/mol. The van der Waals surface area contributed by atoms with Crippen LogP contribution in [-0.2, 0) is 0 Å². The lowest BCUT2D eigenvalue weighted by Crippen LogP contribution is -2.30. The monoisotopic (exact) mass is 259 g/mol. The van der Waals surface area contributed by atoms with Crippen molar-refractivity contribution in [2.45, 2.75) is 6.92 Å². The molecule has 0 unspecified atom stereocenters. The van der Waals surface area contributed by atoms with Gasteiger partial charge in [-0.15, -0.1) is 0 Å². The van der Waals surface area contributed by atoms with E-state index in [1.54, 1.807) is 44.4 Å². The van der Waals surface area contributed by atoms with Crippen LogP contribution in [0.15, 0.2) is 42.6 Å². The van der Waals surface area contributed by atoms with E-state index in [1.807, 2.05) is 0 Å².